The van der Waals surface area contributed by atoms with Gasteiger partial charge in [-0.2, -0.15) is 0 Å². The van der Waals surface area contributed by atoms with Crippen molar-refractivity contribution in [3.63, 3.8) is 0 Å². The number of carbonyl (C=O) groups excluding carboxylic acids is 3. The van der Waals surface area contributed by atoms with Gasteiger partial charge >= 0.3 is 11.8 Å². The van der Waals surface area contributed by atoms with Gasteiger partial charge in [-0.05, 0) is 49.2 Å². The van der Waals surface area contributed by atoms with Gasteiger partial charge in [-0.3, -0.25) is 14.4 Å². The first kappa shape index (κ1) is 18.8. The maximum Gasteiger partial charge on any atom is 0.314 e. The topological polar surface area (TPSA) is 97.0 Å². The Bertz CT molecular complexity index is 988. The van der Waals surface area contributed by atoms with Crippen LogP contribution in [0.2, 0.25) is 0 Å². The molecule has 8 heteroatoms. The standard InChI is InChI=1S/C21H21N3O5/c1-13-11-14(4-6-16(13)24-8-2-3-19(24)25)22-20(26)21(27)23-15-5-7-17-18(12-15)29-10-9-28-17/h4-7,11-12H,2-3,8-10H2,1H3,(H,22,26)(H,23,27). The number of fused-ring (bicyclic) bond motifs is 1. The van der Waals surface area contributed by atoms with Crippen molar-refractivity contribution < 1.29 is 23.9 Å². The molecule has 29 heavy (non-hydrogen) atoms. The molecule has 2 aliphatic rings. The van der Waals surface area contributed by atoms with Crippen molar-refractivity contribution in [2.75, 3.05) is 35.3 Å². The molecule has 0 aromatic heterocycles. The zero-order chi connectivity index (χ0) is 20.4. The molecule has 4 rings (SSSR count). The third-order valence-electron chi connectivity index (χ3n) is 4.83. The molecule has 0 bridgehead atoms. The predicted octanol–water partition coefficient (Wildman–Crippen LogP) is 2.47. The SMILES string of the molecule is Cc1cc(NC(=O)C(=O)Nc2ccc3c(c2)OCCO3)ccc1N1CCCC1=O. The number of hydrogen-bond acceptors (Lipinski definition) is 5. The second kappa shape index (κ2) is 7.83. The molecule has 2 aliphatic heterocycles. The molecule has 0 spiro atoms. The highest BCUT2D eigenvalue weighted by molar-refractivity contribution is 6.43. The van der Waals surface area contributed by atoms with Gasteiger partial charge in [-0.1, -0.05) is 0 Å². The monoisotopic (exact) mass is 395 g/mol. The van der Waals surface area contributed by atoms with Gasteiger partial charge in [0.05, 0.1) is 0 Å². The highest BCUT2D eigenvalue weighted by atomic mass is 16.6. The van der Waals surface area contributed by atoms with Crippen LogP contribution in [0.1, 0.15) is 18.4 Å². The molecule has 0 aliphatic carbocycles. The Morgan fingerprint density at radius 3 is 2.24 bits per heavy atom. The maximum absolute atomic E-state index is 12.3. The lowest BCUT2D eigenvalue weighted by atomic mass is 10.1. The highest BCUT2D eigenvalue weighted by Gasteiger charge is 2.23. The summed E-state index contributed by atoms with van der Waals surface area (Å²) in [4.78, 5) is 38.2. The number of aryl methyl sites for hydroxylation is 1. The van der Waals surface area contributed by atoms with Crippen LogP contribution < -0.4 is 25.0 Å². The number of ether oxygens (including phenoxy) is 2. The van der Waals surface area contributed by atoms with Gasteiger partial charge in [0.2, 0.25) is 5.91 Å². The van der Waals surface area contributed by atoms with Crippen LogP contribution in [-0.4, -0.2) is 37.5 Å². The predicted molar refractivity (Wildman–Crippen MR) is 107 cm³/mol. The van der Waals surface area contributed by atoms with Gasteiger partial charge in [-0.25, -0.2) is 0 Å². The summed E-state index contributed by atoms with van der Waals surface area (Å²) in [5.41, 5.74) is 2.60. The van der Waals surface area contributed by atoms with Crippen molar-refractivity contribution in [2.45, 2.75) is 19.8 Å². The Morgan fingerprint density at radius 2 is 1.59 bits per heavy atom. The van der Waals surface area contributed by atoms with Gasteiger partial charge in [-0.15, -0.1) is 0 Å². The van der Waals surface area contributed by atoms with E-state index in [0.29, 0.717) is 49.1 Å². The minimum absolute atomic E-state index is 0.101. The molecule has 2 heterocycles. The van der Waals surface area contributed by atoms with Crippen LogP contribution in [0.25, 0.3) is 0 Å². The number of carbonyl (C=O) groups is 3. The van der Waals surface area contributed by atoms with Crippen LogP contribution in [0.5, 0.6) is 11.5 Å². The van der Waals surface area contributed by atoms with Gasteiger partial charge in [0.15, 0.2) is 11.5 Å². The van der Waals surface area contributed by atoms with Crippen LogP contribution in [-0.2, 0) is 14.4 Å². The Labute approximate surface area is 167 Å². The molecule has 0 unspecified atom stereocenters. The average molecular weight is 395 g/mol. The third-order valence-corrected chi connectivity index (χ3v) is 4.83. The average Bonchev–Trinajstić information content (AvgIpc) is 3.13. The van der Waals surface area contributed by atoms with Crippen molar-refractivity contribution in [1.29, 1.82) is 0 Å². The third kappa shape index (κ3) is 4.01. The number of hydrogen-bond donors (Lipinski definition) is 2. The van der Waals surface area contributed by atoms with Crippen molar-refractivity contribution in [1.82, 2.24) is 0 Å². The highest BCUT2D eigenvalue weighted by Crippen LogP contribution is 2.32. The molecule has 8 nitrogen and oxygen atoms in total. The van der Waals surface area contributed by atoms with E-state index >= 15 is 0 Å². The Hall–Kier alpha value is -3.55. The summed E-state index contributed by atoms with van der Waals surface area (Å²) in [5.74, 6) is -0.353. The molecule has 0 saturated carbocycles. The zero-order valence-corrected chi connectivity index (χ0v) is 16.0. The van der Waals surface area contributed by atoms with Crippen LogP contribution >= 0.6 is 0 Å². The minimum atomic E-state index is -0.793. The number of nitrogens with one attached hydrogen (secondary N) is 2. The van der Waals surface area contributed by atoms with E-state index < -0.39 is 11.8 Å². The molecule has 2 N–H and O–H groups in total. The van der Waals surface area contributed by atoms with Crippen LogP contribution in [0.3, 0.4) is 0 Å². The summed E-state index contributed by atoms with van der Waals surface area (Å²) >= 11 is 0. The summed E-state index contributed by atoms with van der Waals surface area (Å²) in [6.07, 6.45) is 1.40. The molecular formula is C21H21N3O5. The lowest BCUT2D eigenvalue weighted by Gasteiger charge is -2.19. The second-order valence-electron chi connectivity index (χ2n) is 6.92. The Balaban J connectivity index is 1.40. The van der Waals surface area contributed by atoms with E-state index in [1.54, 1.807) is 41.3 Å². The number of nitrogens with zero attached hydrogens (tertiary/aromatic N) is 1. The molecule has 1 fully saturated rings. The largest absolute Gasteiger partial charge is 0.486 e. The number of amides is 3. The van der Waals surface area contributed by atoms with Gasteiger partial charge in [0.1, 0.15) is 13.2 Å². The fourth-order valence-electron chi connectivity index (χ4n) is 3.44. The number of rotatable bonds is 3. The van der Waals surface area contributed by atoms with Gasteiger partial charge in [0, 0.05) is 36.1 Å². The summed E-state index contributed by atoms with van der Waals surface area (Å²) in [6, 6.07) is 10.2. The molecule has 150 valence electrons. The van der Waals surface area contributed by atoms with E-state index in [2.05, 4.69) is 10.6 Å². The maximum atomic E-state index is 12.3. The molecule has 1 saturated heterocycles. The van der Waals surface area contributed by atoms with Crippen molar-refractivity contribution >= 4 is 34.8 Å². The Kier molecular flexibility index (Phi) is 5.07. The van der Waals surface area contributed by atoms with E-state index in [9.17, 15) is 14.4 Å². The minimum Gasteiger partial charge on any atom is -0.486 e. The fraction of sp³-hybridized carbons (Fsp3) is 0.286. The van der Waals surface area contributed by atoms with E-state index in [4.69, 9.17) is 9.47 Å². The second-order valence-corrected chi connectivity index (χ2v) is 6.92. The molecular weight excluding hydrogens is 374 g/mol. The smallest absolute Gasteiger partial charge is 0.314 e. The first-order valence-corrected chi connectivity index (χ1v) is 9.44. The lowest BCUT2D eigenvalue weighted by molar-refractivity contribution is -0.133. The summed E-state index contributed by atoms with van der Waals surface area (Å²) in [5, 5.41) is 5.13. The molecule has 0 radical (unpaired) electrons. The van der Waals surface area contributed by atoms with Crippen molar-refractivity contribution in [3.8, 4) is 11.5 Å². The van der Waals surface area contributed by atoms with Crippen LogP contribution in [0.4, 0.5) is 17.1 Å². The normalized spacial score (nSPS) is 15.2. The van der Waals surface area contributed by atoms with Crippen molar-refractivity contribution in [2.24, 2.45) is 0 Å². The summed E-state index contributed by atoms with van der Waals surface area (Å²) < 4.78 is 10.9. The van der Waals surface area contributed by atoms with E-state index in [1.807, 2.05) is 6.92 Å². The first-order valence-electron chi connectivity index (χ1n) is 9.44. The van der Waals surface area contributed by atoms with Gasteiger partial charge < -0.3 is 25.0 Å². The molecule has 2 aromatic rings. The summed E-state index contributed by atoms with van der Waals surface area (Å²) in [7, 11) is 0. The van der Waals surface area contributed by atoms with Crippen LogP contribution in [0, 0.1) is 6.92 Å². The van der Waals surface area contributed by atoms with E-state index in [0.717, 1.165) is 17.7 Å². The quantitative estimate of drug-likeness (QED) is 0.779. The van der Waals surface area contributed by atoms with Crippen molar-refractivity contribution in [3.05, 3.63) is 42.0 Å². The van der Waals surface area contributed by atoms with E-state index in [-0.39, 0.29) is 5.91 Å². The number of benzene rings is 2. The van der Waals surface area contributed by atoms with Gasteiger partial charge in [0.25, 0.3) is 0 Å². The number of anilines is 3. The van der Waals surface area contributed by atoms with E-state index in [1.165, 1.54) is 0 Å². The fourth-order valence-corrected chi connectivity index (χ4v) is 3.44. The molecule has 3 amide bonds. The lowest BCUT2D eigenvalue weighted by Crippen LogP contribution is -2.29. The molecule has 2 aromatic carbocycles. The zero-order valence-electron chi connectivity index (χ0n) is 16.0. The van der Waals surface area contributed by atoms with Crippen LogP contribution in [0.15, 0.2) is 36.4 Å². The first-order chi connectivity index (χ1) is 14.0. The summed E-state index contributed by atoms with van der Waals surface area (Å²) in [6.45, 7) is 3.48. The Morgan fingerprint density at radius 1 is 0.931 bits per heavy atom. The molecule has 0 atom stereocenters.